The second kappa shape index (κ2) is 8.11. The van der Waals surface area contributed by atoms with Gasteiger partial charge in [-0.05, 0) is 26.1 Å². The summed E-state index contributed by atoms with van der Waals surface area (Å²) in [6, 6.07) is 3.04. The molecule has 1 saturated heterocycles. The lowest BCUT2D eigenvalue weighted by atomic mass is 10.1. The fraction of sp³-hybridized carbons (Fsp3) is 0.444. The zero-order chi connectivity index (χ0) is 18.7. The molecule has 0 aliphatic carbocycles. The number of likely N-dealkylation sites (N-methyl/N-ethyl adjacent to an activating group) is 1. The van der Waals surface area contributed by atoms with Gasteiger partial charge in [-0.3, -0.25) is 4.90 Å². The van der Waals surface area contributed by atoms with Gasteiger partial charge in [0.25, 0.3) is 0 Å². The molecule has 0 spiro atoms. The van der Waals surface area contributed by atoms with Gasteiger partial charge >= 0.3 is 5.97 Å². The van der Waals surface area contributed by atoms with Crippen molar-refractivity contribution in [2.75, 3.05) is 40.5 Å². The predicted octanol–water partition coefficient (Wildman–Crippen LogP) is 2.75. The molecule has 1 aliphatic heterocycles. The molecule has 1 atom stereocenters. The molecule has 0 radical (unpaired) electrons. The molecule has 0 bridgehead atoms. The summed E-state index contributed by atoms with van der Waals surface area (Å²) in [4.78, 5) is 19.3. The minimum absolute atomic E-state index is 0.0981. The van der Waals surface area contributed by atoms with Gasteiger partial charge < -0.3 is 14.2 Å². The molecule has 2 heterocycles. The standard InChI is InChI=1S/C18H21FN2O4S/c1-11-8-20-17(26-11)14-6-13(7-15(16(14)19)18(22)23-3)25-10-12-9-24-5-4-21(12)2/h6-8,12H,4-5,9-10H2,1-3H3. The Morgan fingerprint density at radius 1 is 1.50 bits per heavy atom. The van der Waals surface area contributed by atoms with Crippen LogP contribution in [0.2, 0.25) is 0 Å². The van der Waals surface area contributed by atoms with Gasteiger partial charge in [0.05, 0.1) is 37.5 Å². The second-order valence-electron chi connectivity index (χ2n) is 6.12. The molecule has 0 amide bonds. The van der Waals surface area contributed by atoms with Crippen LogP contribution < -0.4 is 4.74 Å². The fourth-order valence-electron chi connectivity index (χ4n) is 2.68. The summed E-state index contributed by atoms with van der Waals surface area (Å²) in [5, 5.41) is 0.494. The van der Waals surface area contributed by atoms with Crippen molar-refractivity contribution < 1.29 is 23.4 Å². The van der Waals surface area contributed by atoms with Crippen molar-refractivity contribution >= 4 is 17.3 Å². The Hall–Kier alpha value is -2.03. The molecular formula is C18H21FN2O4S. The van der Waals surface area contributed by atoms with Crippen molar-refractivity contribution in [1.29, 1.82) is 0 Å². The van der Waals surface area contributed by atoms with Crippen molar-refractivity contribution in [3.05, 3.63) is 34.6 Å². The summed E-state index contributed by atoms with van der Waals surface area (Å²) in [5.41, 5.74) is 0.0651. The molecule has 0 saturated carbocycles. The number of morpholine rings is 1. The van der Waals surface area contributed by atoms with Crippen LogP contribution in [0.5, 0.6) is 5.75 Å². The third-order valence-corrected chi connectivity index (χ3v) is 5.21. The van der Waals surface area contributed by atoms with Crippen LogP contribution in [0.3, 0.4) is 0 Å². The van der Waals surface area contributed by atoms with Crippen LogP contribution in [0.4, 0.5) is 4.39 Å². The normalized spacial score (nSPS) is 17.9. The molecule has 1 aliphatic rings. The summed E-state index contributed by atoms with van der Waals surface area (Å²) >= 11 is 1.35. The van der Waals surface area contributed by atoms with Gasteiger partial charge in [-0.1, -0.05) is 0 Å². The molecular weight excluding hydrogens is 359 g/mol. The topological polar surface area (TPSA) is 60.9 Å². The molecule has 140 valence electrons. The van der Waals surface area contributed by atoms with Gasteiger partial charge in [0, 0.05) is 17.6 Å². The number of hydrogen-bond acceptors (Lipinski definition) is 7. The second-order valence-corrected chi connectivity index (χ2v) is 7.36. The Kier molecular flexibility index (Phi) is 5.85. The predicted molar refractivity (Wildman–Crippen MR) is 96.3 cm³/mol. The molecule has 26 heavy (non-hydrogen) atoms. The Morgan fingerprint density at radius 3 is 2.96 bits per heavy atom. The van der Waals surface area contributed by atoms with Crippen molar-refractivity contribution in [2.24, 2.45) is 0 Å². The zero-order valence-electron chi connectivity index (χ0n) is 15.0. The summed E-state index contributed by atoms with van der Waals surface area (Å²) < 4.78 is 30.9. The number of thiazole rings is 1. The number of methoxy groups -OCH3 is 1. The van der Waals surface area contributed by atoms with Crippen molar-refractivity contribution in [2.45, 2.75) is 13.0 Å². The van der Waals surface area contributed by atoms with E-state index in [4.69, 9.17) is 14.2 Å². The number of aromatic nitrogens is 1. The number of aryl methyl sites for hydroxylation is 1. The first kappa shape index (κ1) is 18.8. The minimum atomic E-state index is -0.749. The maximum absolute atomic E-state index is 14.8. The van der Waals surface area contributed by atoms with E-state index in [2.05, 4.69) is 9.88 Å². The molecule has 1 fully saturated rings. The van der Waals surface area contributed by atoms with Crippen LogP contribution >= 0.6 is 11.3 Å². The quantitative estimate of drug-likeness (QED) is 0.744. The smallest absolute Gasteiger partial charge is 0.341 e. The number of benzene rings is 1. The monoisotopic (exact) mass is 380 g/mol. The van der Waals surface area contributed by atoms with Crippen molar-refractivity contribution in [1.82, 2.24) is 9.88 Å². The van der Waals surface area contributed by atoms with Gasteiger partial charge in [0.15, 0.2) is 0 Å². The Bertz CT molecular complexity index is 795. The van der Waals surface area contributed by atoms with E-state index in [-0.39, 0.29) is 17.2 Å². The molecule has 3 rings (SSSR count). The number of carbonyl (C=O) groups is 1. The van der Waals surface area contributed by atoms with Gasteiger partial charge in [-0.15, -0.1) is 11.3 Å². The van der Waals surface area contributed by atoms with Gasteiger partial charge in [-0.25, -0.2) is 14.2 Å². The van der Waals surface area contributed by atoms with E-state index in [1.165, 1.54) is 24.5 Å². The van der Waals surface area contributed by atoms with Crippen molar-refractivity contribution in [3.8, 4) is 16.3 Å². The third kappa shape index (κ3) is 4.03. The summed E-state index contributed by atoms with van der Waals surface area (Å²) in [6.45, 7) is 4.36. The first-order chi connectivity index (χ1) is 12.5. The molecule has 1 aromatic heterocycles. The highest BCUT2D eigenvalue weighted by atomic mass is 32.1. The van der Waals surface area contributed by atoms with Gasteiger partial charge in [-0.2, -0.15) is 0 Å². The lowest BCUT2D eigenvalue weighted by molar-refractivity contribution is -0.0108. The zero-order valence-corrected chi connectivity index (χ0v) is 15.8. The molecule has 0 N–H and O–H groups in total. The number of carbonyl (C=O) groups excluding carboxylic acids is 1. The van der Waals surface area contributed by atoms with Crippen LogP contribution in [-0.2, 0) is 9.47 Å². The van der Waals surface area contributed by atoms with Crippen molar-refractivity contribution in [3.63, 3.8) is 0 Å². The number of rotatable bonds is 5. The number of nitrogens with zero attached hydrogens (tertiary/aromatic N) is 2. The molecule has 2 aromatic rings. The van der Waals surface area contributed by atoms with Crippen LogP contribution in [0.15, 0.2) is 18.3 Å². The van der Waals surface area contributed by atoms with Crippen LogP contribution in [0.1, 0.15) is 15.2 Å². The van der Waals surface area contributed by atoms with Crippen LogP contribution in [0, 0.1) is 12.7 Å². The molecule has 1 unspecified atom stereocenters. The number of ether oxygens (including phenoxy) is 3. The number of halogens is 1. The molecule has 8 heteroatoms. The van der Waals surface area contributed by atoms with E-state index in [1.54, 1.807) is 12.3 Å². The third-order valence-electron chi connectivity index (χ3n) is 4.27. The summed E-state index contributed by atoms with van der Waals surface area (Å²) in [6.07, 6.45) is 1.67. The Morgan fingerprint density at radius 2 is 2.31 bits per heavy atom. The maximum atomic E-state index is 14.8. The van der Waals surface area contributed by atoms with Gasteiger partial charge in [0.1, 0.15) is 23.2 Å². The summed E-state index contributed by atoms with van der Waals surface area (Å²) in [7, 11) is 3.22. The van der Waals surface area contributed by atoms with E-state index in [9.17, 15) is 9.18 Å². The average molecular weight is 380 g/mol. The average Bonchev–Trinajstić information content (AvgIpc) is 3.07. The Balaban J connectivity index is 1.90. The number of hydrogen-bond donors (Lipinski definition) is 0. The fourth-order valence-corrected chi connectivity index (χ4v) is 3.45. The van der Waals surface area contributed by atoms with Crippen LogP contribution in [0.25, 0.3) is 10.6 Å². The Labute approximate surface area is 155 Å². The highest BCUT2D eigenvalue weighted by Crippen LogP contribution is 2.33. The highest BCUT2D eigenvalue weighted by molar-refractivity contribution is 7.14. The van der Waals surface area contributed by atoms with E-state index in [0.717, 1.165) is 11.4 Å². The largest absolute Gasteiger partial charge is 0.492 e. The highest BCUT2D eigenvalue weighted by Gasteiger charge is 2.23. The summed E-state index contributed by atoms with van der Waals surface area (Å²) in [5.74, 6) is -1.01. The molecule has 6 nitrogen and oxygen atoms in total. The van der Waals surface area contributed by atoms with E-state index in [0.29, 0.717) is 30.6 Å². The maximum Gasteiger partial charge on any atom is 0.341 e. The first-order valence-electron chi connectivity index (χ1n) is 8.25. The van der Waals surface area contributed by atoms with E-state index >= 15 is 0 Å². The molecule has 1 aromatic carbocycles. The van der Waals surface area contributed by atoms with Gasteiger partial charge in [0.2, 0.25) is 0 Å². The van der Waals surface area contributed by atoms with Crippen LogP contribution in [-0.4, -0.2) is 62.4 Å². The van der Waals surface area contributed by atoms with E-state index < -0.39 is 11.8 Å². The minimum Gasteiger partial charge on any atom is -0.492 e. The number of esters is 1. The lowest BCUT2D eigenvalue weighted by Gasteiger charge is -2.32. The van der Waals surface area contributed by atoms with E-state index in [1.807, 2.05) is 14.0 Å². The lowest BCUT2D eigenvalue weighted by Crippen LogP contribution is -2.46. The SMILES string of the molecule is COC(=O)c1cc(OCC2COCCN2C)cc(-c2ncc(C)s2)c1F. The first-order valence-corrected chi connectivity index (χ1v) is 9.06.